The maximum Gasteiger partial charge on any atom is 0.240 e. The number of aromatic nitrogens is 2. The van der Waals surface area contributed by atoms with E-state index in [9.17, 15) is 4.79 Å². The first kappa shape index (κ1) is 14.3. The normalized spacial score (nSPS) is 25.2. The predicted octanol–water partition coefficient (Wildman–Crippen LogP) is 0.689. The Morgan fingerprint density at radius 1 is 1.38 bits per heavy atom. The summed E-state index contributed by atoms with van der Waals surface area (Å²) in [7, 11) is 0. The molecule has 1 saturated carbocycles. The van der Waals surface area contributed by atoms with Gasteiger partial charge in [0.1, 0.15) is 0 Å². The van der Waals surface area contributed by atoms with Crippen molar-refractivity contribution in [3.05, 3.63) is 18.5 Å². The molecule has 1 aliphatic carbocycles. The van der Waals surface area contributed by atoms with Crippen LogP contribution in [0.1, 0.15) is 32.6 Å². The Kier molecular flexibility index (Phi) is 3.80. The third-order valence-electron chi connectivity index (χ3n) is 4.51. The number of nitrogens with two attached hydrogens (primary N) is 1. The lowest BCUT2D eigenvalue weighted by atomic mass is 9.95. The van der Waals surface area contributed by atoms with E-state index in [1.165, 1.54) is 0 Å². The van der Waals surface area contributed by atoms with Crippen molar-refractivity contribution in [3.63, 3.8) is 0 Å². The van der Waals surface area contributed by atoms with Crippen LogP contribution in [-0.2, 0) is 4.79 Å². The minimum atomic E-state index is -0.731. The molecule has 1 saturated heterocycles. The standard InChI is InChI=1S/C15H23N5O/c1-15(16,11-5-6-11)13(21)19-12-4-2-9-20(10-12)14-17-7-3-8-18-14/h3,7-8,11-12H,2,4-6,9-10,16H2,1H3,(H,19,21). The zero-order valence-corrected chi connectivity index (χ0v) is 12.5. The smallest absolute Gasteiger partial charge is 0.240 e. The van der Waals surface area contributed by atoms with Gasteiger partial charge in [-0.25, -0.2) is 9.97 Å². The van der Waals surface area contributed by atoms with Gasteiger partial charge in [0.15, 0.2) is 0 Å². The summed E-state index contributed by atoms with van der Waals surface area (Å²) < 4.78 is 0. The van der Waals surface area contributed by atoms with Gasteiger partial charge in [-0.1, -0.05) is 0 Å². The molecular formula is C15H23N5O. The summed E-state index contributed by atoms with van der Waals surface area (Å²) >= 11 is 0. The van der Waals surface area contributed by atoms with E-state index in [4.69, 9.17) is 5.73 Å². The van der Waals surface area contributed by atoms with Crippen molar-refractivity contribution in [2.24, 2.45) is 11.7 Å². The lowest BCUT2D eigenvalue weighted by Crippen LogP contribution is -2.58. The third-order valence-corrected chi connectivity index (χ3v) is 4.51. The summed E-state index contributed by atoms with van der Waals surface area (Å²) in [6, 6.07) is 1.93. The van der Waals surface area contributed by atoms with Gasteiger partial charge in [0.25, 0.3) is 0 Å². The molecule has 0 spiro atoms. The quantitative estimate of drug-likeness (QED) is 0.852. The molecule has 6 nitrogen and oxygen atoms in total. The Balaban J connectivity index is 1.60. The van der Waals surface area contributed by atoms with Gasteiger partial charge in [-0.15, -0.1) is 0 Å². The molecule has 1 aromatic rings. The average Bonchev–Trinajstić information content (AvgIpc) is 3.33. The van der Waals surface area contributed by atoms with E-state index in [1.54, 1.807) is 12.4 Å². The number of amides is 1. The van der Waals surface area contributed by atoms with E-state index < -0.39 is 5.54 Å². The fraction of sp³-hybridized carbons (Fsp3) is 0.667. The minimum Gasteiger partial charge on any atom is -0.350 e. The first-order valence-corrected chi connectivity index (χ1v) is 7.69. The first-order valence-electron chi connectivity index (χ1n) is 7.69. The Morgan fingerprint density at radius 3 is 2.76 bits per heavy atom. The molecule has 3 N–H and O–H groups in total. The third kappa shape index (κ3) is 3.15. The Hall–Kier alpha value is -1.69. The van der Waals surface area contributed by atoms with Crippen LogP contribution in [0.4, 0.5) is 5.95 Å². The number of nitrogens with zero attached hydrogens (tertiary/aromatic N) is 3. The molecular weight excluding hydrogens is 266 g/mol. The highest BCUT2D eigenvalue weighted by molar-refractivity contribution is 5.86. The molecule has 1 aromatic heterocycles. The molecule has 1 amide bonds. The number of anilines is 1. The van der Waals surface area contributed by atoms with Crippen LogP contribution in [0.15, 0.2) is 18.5 Å². The summed E-state index contributed by atoms with van der Waals surface area (Å²) in [6.45, 7) is 3.52. The molecule has 2 atom stereocenters. The topological polar surface area (TPSA) is 84.1 Å². The lowest BCUT2D eigenvalue weighted by molar-refractivity contribution is -0.127. The van der Waals surface area contributed by atoms with Crippen LogP contribution in [0.5, 0.6) is 0 Å². The maximum absolute atomic E-state index is 12.4. The van der Waals surface area contributed by atoms with Gasteiger partial charge >= 0.3 is 0 Å². The maximum atomic E-state index is 12.4. The van der Waals surface area contributed by atoms with Crippen LogP contribution < -0.4 is 16.0 Å². The highest BCUT2D eigenvalue weighted by atomic mass is 16.2. The van der Waals surface area contributed by atoms with Gasteiger partial charge in [0.05, 0.1) is 5.54 Å². The molecule has 0 radical (unpaired) electrons. The fourth-order valence-corrected chi connectivity index (χ4v) is 2.94. The number of hydrogen-bond donors (Lipinski definition) is 2. The van der Waals surface area contributed by atoms with Crippen molar-refractivity contribution >= 4 is 11.9 Å². The van der Waals surface area contributed by atoms with Crippen molar-refractivity contribution in [1.29, 1.82) is 0 Å². The zero-order valence-electron chi connectivity index (χ0n) is 12.5. The van der Waals surface area contributed by atoms with Crippen LogP contribution >= 0.6 is 0 Å². The van der Waals surface area contributed by atoms with Crippen LogP contribution in [0.3, 0.4) is 0 Å². The minimum absolute atomic E-state index is 0.0224. The van der Waals surface area contributed by atoms with E-state index in [-0.39, 0.29) is 11.9 Å². The SMILES string of the molecule is CC(N)(C(=O)NC1CCCN(c2ncccn2)C1)C1CC1. The number of carbonyl (C=O) groups excluding carboxylic acids is 1. The summed E-state index contributed by atoms with van der Waals surface area (Å²) in [6.07, 6.45) is 7.62. The molecule has 2 unspecified atom stereocenters. The second-order valence-electron chi connectivity index (χ2n) is 6.36. The summed E-state index contributed by atoms with van der Waals surface area (Å²) in [5.41, 5.74) is 5.45. The van der Waals surface area contributed by atoms with E-state index >= 15 is 0 Å². The van der Waals surface area contributed by atoms with Gasteiger partial charge < -0.3 is 16.0 Å². The molecule has 3 rings (SSSR count). The molecule has 2 heterocycles. The lowest BCUT2D eigenvalue weighted by Gasteiger charge is -2.35. The summed E-state index contributed by atoms with van der Waals surface area (Å²) in [4.78, 5) is 23.1. The van der Waals surface area contributed by atoms with Crippen LogP contribution in [0.25, 0.3) is 0 Å². The number of rotatable bonds is 4. The largest absolute Gasteiger partial charge is 0.350 e. The van der Waals surface area contributed by atoms with E-state index in [2.05, 4.69) is 20.2 Å². The summed E-state index contributed by atoms with van der Waals surface area (Å²) in [5, 5.41) is 3.12. The van der Waals surface area contributed by atoms with Crippen molar-refractivity contribution in [2.75, 3.05) is 18.0 Å². The van der Waals surface area contributed by atoms with Crippen LogP contribution in [-0.4, -0.2) is 40.5 Å². The van der Waals surface area contributed by atoms with Gasteiger partial charge in [-0.05, 0) is 44.6 Å². The first-order chi connectivity index (χ1) is 10.1. The monoisotopic (exact) mass is 289 g/mol. The zero-order chi connectivity index (χ0) is 14.9. The molecule has 0 bridgehead atoms. The van der Waals surface area contributed by atoms with Gasteiger partial charge in [-0.3, -0.25) is 4.79 Å². The van der Waals surface area contributed by atoms with Gasteiger partial charge in [0.2, 0.25) is 11.9 Å². The fourth-order valence-electron chi connectivity index (χ4n) is 2.94. The van der Waals surface area contributed by atoms with Crippen molar-refractivity contribution in [2.45, 2.75) is 44.2 Å². The molecule has 6 heteroatoms. The van der Waals surface area contributed by atoms with Crippen LogP contribution in [0, 0.1) is 5.92 Å². The Bertz CT molecular complexity index is 500. The molecule has 0 aromatic carbocycles. The predicted molar refractivity (Wildman–Crippen MR) is 80.7 cm³/mol. The molecule has 21 heavy (non-hydrogen) atoms. The van der Waals surface area contributed by atoms with Crippen molar-refractivity contribution in [3.8, 4) is 0 Å². The Morgan fingerprint density at radius 2 is 2.10 bits per heavy atom. The van der Waals surface area contributed by atoms with E-state index in [1.807, 2.05) is 13.0 Å². The van der Waals surface area contributed by atoms with Crippen LogP contribution in [0.2, 0.25) is 0 Å². The second-order valence-corrected chi connectivity index (χ2v) is 6.36. The molecule has 2 aliphatic rings. The second kappa shape index (κ2) is 5.60. The molecule has 1 aliphatic heterocycles. The van der Waals surface area contributed by atoms with Crippen molar-refractivity contribution in [1.82, 2.24) is 15.3 Å². The number of nitrogens with one attached hydrogen (secondary N) is 1. The Labute approximate surface area is 125 Å². The number of piperidine rings is 1. The average molecular weight is 289 g/mol. The van der Waals surface area contributed by atoms with E-state index in [0.29, 0.717) is 5.92 Å². The number of carbonyl (C=O) groups is 1. The number of hydrogen-bond acceptors (Lipinski definition) is 5. The highest BCUT2D eigenvalue weighted by Crippen LogP contribution is 2.38. The molecule has 114 valence electrons. The van der Waals surface area contributed by atoms with Gasteiger partial charge in [-0.2, -0.15) is 0 Å². The van der Waals surface area contributed by atoms with E-state index in [0.717, 1.165) is 44.7 Å². The molecule has 2 fully saturated rings. The summed E-state index contributed by atoms with van der Waals surface area (Å²) in [5.74, 6) is 1.05. The van der Waals surface area contributed by atoms with Crippen molar-refractivity contribution < 1.29 is 4.79 Å². The van der Waals surface area contributed by atoms with Gasteiger partial charge in [0, 0.05) is 31.5 Å². The highest BCUT2D eigenvalue weighted by Gasteiger charge is 2.44.